The van der Waals surface area contributed by atoms with E-state index in [4.69, 9.17) is 14.2 Å². The zero-order valence-corrected chi connectivity index (χ0v) is 19.3. The molecule has 2 aromatic carbocycles. The number of halogens is 1. The van der Waals surface area contributed by atoms with Crippen LogP contribution in [-0.2, 0) is 20.7 Å². The molecule has 0 aliphatic rings. The van der Waals surface area contributed by atoms with Gasteiger partial charge in [-0.1, -0.05) is 49.7 Å². The van der Waals surface area contributed by atoms with Gasteiger partial charge < -0.3 is 14.2 Å². The van der Waals surface area contributed by atoms with Gasteiger partial charge in [0.05, 0.1) is 3.57 Å². The first-order valence-electron chi connectivity index (χ1n) is 9.68. The molecule has 2 aromatic rings. The van der Waals surface area contributed by atoms with E-state index >= 15 is 0 Å². The number of benzene rings is 2. The summed E-state index contributed by atoms with van der Waals surface area (Å²) in [6, 6.07) is 15.7. The van der Waals surface area contributed by atoms with Gasteiger partial charge in [-0.3, -0.25) is 4.79 Å². The van der Waals surface area contributed by atoms with Gasteiger partial charge in [0.25, 0.3) is 0 Å². The minimum atomic E-state index is -1.01. The molecule has 0 amide bonds. The molecule has 0 saturated carbocycles. The number of esters is 1. The Balaban J connectivity index is 2.24. The Labute approximate surface area is 186 Å². The zero-order valence-electron chi connectivity index (χ0n) is 17.2. The topological polar surface area (TPSA) is 57.1 Å². The van der Waals surface area contributed by atoms with Crippen LogP contribution in [0.2, 0.25) is 0 Å². The molecule has 0 radical (unpaired) electrons. The van der Waals surface area contributed by atoms with E-state index in [2.05, 4.69) is 27.6 Å². The van der Waals surface area contributed by atoms with E-state index in [1.807, 2.05) is 62.4 Å². The Morgan fingerprint density at radius 1 is 1.21 bits per heavy atom. The van der Waals surface area contributed by atoms with Crippen LogP contribution in [-0.4, -0.2) is 31.8 Å². The second kappa shape index (κ2) is 11.9. The largest absolute Gasteiger partial charge is 0.466 e. The van der Waals surface area contributed by atoms with Crippen molar-refractivity contribution in [2.75, 3.05) is 13.9 Å². The molecule has 5 nitrogen and oxygen atoms in total. The van der Waals surface area contributed by atoms with Crippen molar-refractivity contribution in [1.29, 1.82) is 0 Å². The van der Waals surface area contributed by atoms with E-state index in [9.17, 15) is 4.79 Å². The Hall–Kier alpha value is -1.93. The lowest BCUT2D eigenvalue weighted by Gasteiger charge is -2.26. The van der Waals surface area contributed by atoms with E-state index in [0.29, 0.717) is 12.8 Å². The molecular formula is C23H28INO4. The monoisotopic (exact) mass is 509 g/mol. The molecule has 0 saturated heterocycles. The molecule has 0 aliphatic heterocycles. The van der Waals surface area contributed by atoms with E-state index in [1.54, 1.807) is 13.3 Å². The number of carbonyl (C=O) groups excluding carboxylic acids is 1. The quantitative estimate of drug-likeness (QED) is 0.177. The van der Waals surface area contributed by atoms with Gasteiger partial charge in [0.15, 0.2) is 6.79 Å². The Bertz CT molecular complexity index is 810. The molecule has 1 atom stereocenters. The molecule has 0 spiro atoms. The summed E-state index contributed by atoms with van der Waals surface area (Å²) in [6.45, 7) is 4.06. The van der Waals surface area contributed by atoms with Gasteiger partial charge in [0.2, 0.25) is 5.72 Å². The molecular weight excluding hydrogens is 481 g/mol. The van der Waals surface area contributed by atoms with Gasteiger partial charge in [-0.25, -0.2) is 4.99 Å². The van der Waals surface area contributed by atoms with E-state index in [0.717, 1.165) is 33.3 Å². The normalized spacial score (nSPS) is 13.2. The molecule has 0 N–H and O–H groups in total. The van der Waals surface area contributed by atoms with Gasteiger partial charge in [0.1, 0.15) is 5.75 Å². The summed E-state index contributed by atoms with van der Waals surface area (Å²) in [5.41, 5.74) is 0.911. The molecule has 0 aromatic heterocycles. The number of unbranched alkanes of at least 4 members (excludes halogenated alkanes) is 1. The van der Waals surface area contributed by atoms with Crippen molar-refractivity contribution in [3.63, 3.8) is 0 Å². The second-order valence-corrected chi connectivity index (χ2v) is 8.08. The van der Waals surface area contributed by atoms with Crippen LogP contribution in [0.15, 0.2) is 53.5 Å². The second-order valence-electron chi connectivity index (χ2n) is 6.91. The maximum atomic E-state index is 12.3. The van der Waals surface area contributed by atoms with Crippen molar-refractivity contribution >= 4 is 34.8 Å². The van der Waals surface area contributed by atoms with Crippen LogP contribution in [0.4, 0.5) is 0 Å². The Kier molecular flexibility index (Phi) is 9.60. The molecule has 2 rings (SSSR count). The predicted octanol–water partition coefficient (Wildman–Crippen LogP) is 5.39. The summed E-state index contributed by atoms with van der Waals surface area (Å²) in [5.74, 6) is 0.498. The first-order valence-corrected chi connectivity index (χ1v) is 10.8. The zero-order chi connectivity index (χ0) is 21.1. The molecule has 0 bridgehead atoms. The van der Waals surface area contributed by atoms with Crippen LogP contribution in [0.1, 0.15) is 44.2 Å². The average molecular weight is 509 g/mol. The van der Waals surface area contributed by atoms with Crippen LogP contribution in [0, 0.1) is 3.57 Å². The number of carbonyl (C=O) groups is 1. The minimum absolute atomic E-state index is 0.175. The molecule has 0 fully saturated rings. The van der Waals surface area contributed by atoms with Crippen molar-refractivity contribution in [1.82, 2.24) is 0 Å². The average Bonchev–Trinajstić information content (AvgIpc) is 2.72. The molecule has 0 heterocycles. The molecule has 0 unspecified atom stereocenters. The minimum Gasteiger partial charge on any atom is -0.466 e. The standard InChI is InChI=1S/C23H28INO4/c1-4-5-11-22(26)29-23(2,25-16-18-9-7-6-8-10-18)15-19-12-13-20(24)21(14-19)28-17-27-3/h6-10,12-14,16H,4-5,11,15,17H2,1-3H3/b25-16+/t23-/m1/s1. The summed E-state index contributed by atoms with van der Waals surface area (Å²) in [6.07, 6.45) is 4.32. The number of methoxy groups -OCH3 is 1. The predicted molar refractivity (Wildman–Crippen MR) is 123 cm³/mol. The molecule has 6 heteroatoms. The first-order chi connectivity index (χ1) is 14.0. The summed E-state index contributed by atoms with van der Waals surface area (Å²) in [5, 5.41) is 0. The third kappa shape index (κ3) is 8.14. The smallest absolute Gasteiger partial charge is 0.307 e. The van der Waals surface area contributed by atoms with Crippen molar-refractivity contribution in [3.05, 3.63) is 63.2 Å². The van der Waals surface area contributed by atoms with Crippen molar-refractivity contribution in [2.45, 2.75) is 45.3 Å². The Morgan fingerprint density at radius 2 is 1.97 bits per heavy atom. The van der Waals surface area contributed by atoms with Gasteiger partial charge in [-0.05, 0) is 59.2 Å². The van der Waals surface area contributed by atoms with Crippen molar-refractivity contribution in [3.8, 4) is 5.75 Å². The maximum absolute atomic E-state index is 12.3. The highest BCUT2D eigenvalue weighted by molar-refractivity contribution is 14.1. The highest BCUT2D eigenvalue weighted by Gasteiger charge is 2.28. The number of aliphatic imine (C=N–C) groups is 1. The number of hydrogen-bond acceptors (Lipinski definition) is 5. The fraction of sp³-hybridized carbons (Fsp3) is 0.391. The van der Waals surface area contributed by atoms with Gasteiger partial charge in [0, 0.05) is 26.2 Å². The Morgan fingerprint density at radius 3 is 2.66 bits per heavy atom. The lowest BCUT2D eigenvalue weighted by molar-refractivity contribution is -0.157. The van der Waals surface area contributed by atoms with Crippen LogP contribution in [0.5, 0.6) is 5.75 Å². The van der Waals surface area contributed by atoms with Gasteiger partial charge in [-0.2, -0.15) is 0 Å². The number of hydrogen-bond donors (Lipinski definition) is 0. The third-order valence-corrected chi connectivity index (χ3v) is 5.11. The van der Waals surface area contributed by atoms with Crippen LogP contribution in [0.25, 0.3) is 0 Å². The van der Waals surface area contributed by atoms with Crippen molar-refractivity contribution < 1.29 is 19.0 Å². The van der Waals surface area contributed by atoms with E-state index in [-0.39, 0.29) is 12.8 Å². The van der Waals surface area contributed by atoms with Crippen LogP contribution in [0.3, 0.4) is 0 Å². The fourth-order valence-corrected chi connectivity index (χ4v) is 3.24. The first kappa shape index (κ1) is 23.3. The van der Waals surface area contributed by atoms with Gasteiger partial charge in [-0.15, -0.1) is 0 Å². The summed E-state index contributed by atoms with van der Waals surface area (Å²) in [7, 11) is 1.59. The maximum Gasteiger partial charge on any atom is 0.307 e. The fourth-order valence-electron chi connectivity index (χ4n) is 2.75. The molecule has 29 heavy (non-hydrogen) atoms. The molecule has 0 aliphatic carbocycles. The lowest BCUT2D eigenvalue weighted by Crippen LogP contribution is -2.32. The third-order valence-electron chi connectivity index (χ3n) is 4.21. The summed E-state index contributed by atoms with van der Waals surface area (Å²) >= 11 is 2.22. The highest BCUT2D eigenvalue weighted by atomic mass is 127. The van der Waals surface area contributed by atoms with Gasteiger partial charge >= 0.3 is 5.97 Å². The summed E-state index contributed by atoms with van der Waals surface area (Å²) in [4.78, 5) is 17.0. The van der Waals surface area contributed by atoms with Crippen molar-refractivity contribution in [2.24, 2.45) is 4.99 Å². The number of ether oxygens (including phenoxy) is 3. The molecule has 156 valence electrons. The van der Waals surface area contributed by atoms with Crippen LogP contribution < -0.4 is 4.74 Å². The van der Waals surface area contributed by atoms with E-state index in [1.165, 1.54) is 0 Å². The highest BCUT2D eigenvalue weighted by Crippen LogP contribution is 2.27. The summed E-state index contributed by atoms with van der Waals surface area (Å²) < 4.78 is 17.4. The SMILES string of the molecule is CCCCC(=O)O[C@](C)(Cc1ccc(I)c(OCOC)c1)/N=C/c1ccccc1. The number of rotatable bonds is 11. The lowest BCUT2D eigenvalue weighted by atomic mass is 10.0. The number of nitrogens with zero attached hydrogens (tertiary/aromatic N) is 1. The van der Waals surface area contributed by atoms with Crippen LogP contribution >= 0.6 is 22.6 Å². The van der Waals surface area contributed by atoms with E-state index < -0.39 is 5.72 Å².